The number of carbonyl (C=O) groups excluding carboxylic acids is 2. The Morgan fingerprint density at radius 3 is 2.33 bits per heavy atom. The second-order valence-electron chi connectivity index (χ2n) is 9.93. The number of nitrogens with zero attached hydrogens (tertiary/aromatic N) is 1. The van der Waals surface area contributed by atoms with Crippen molar-refractivity contribution in [2.75, 3.05) is 11.5 Å². The van der Waals surface area contributed by atoms with E-state index < -0.39 is 17.7 Å². The number of rotatable bonds is 5. The number of ether oxygens (including phenoxy) is 1. The Morgan fingerprint density at radius 2 is 1.72 bits per heavy atom. The molecule has 1 amide bonds. The first-order valence-electron chi connectivity index (χ1n) is 11.9. The molecule has 0 radical (unpaired) electrons. The fourth-order valence-corrected chi connectivity index (χ4v) is 4.63. The largest absolute Gasteiger partial charge is 0.507 e. The molecule has 0 aliphatic carbocycles. The lowest BCUT2D eigenvalue weighted by molar-refractivity contribution is -0.132. The number of carbonyl (C=O) groups is 2. The van der Waals surface area contributed by atoms with Gasteiger partial charge in [0.1, 0.15) is 11.5 Å². The number of aryl methyl sites for hydroxylation is 1. The molecule has 6 heteroatoms. The first-order chi connectivity index (χ1) is 17.0. The number of anilines is 1. The highest BCUT2D eigenvalue weighted by atomic mass is 35.5. The second kappa shape index (κ2) is 9.82. The lowest BCUT2D eigenvalue weighted by Crippen LogP contribution is -2.29. The second-order valence-corrected chi connectivity index (χ2v) is 10.4. The number of Topliss-reactive ketones (excluding diaryl/α,β-unsaturated/α-hetero) is 1. The topological polar surface area (TPSA) is 66.8 Å². The Labute approximate surface area is 217 Å². The zero-order valence-corrected chi connectivity index (χ0v) is 21.9. The van der Waals surface area contributed by atoms with Gasteiger partial charge in [-0.2, -0.15) is 0 Å². The molecule has 0 aromatic heterocycles. The van der Waals surface area contributed by atoms with Crippen molar-refractivity contribution in [3.63, 3.8) is 0 Å². The van der Waals surface area contributed by atoms with Gasteiger partial charge in [0.05, 0.1) is 18.2 Å². The summed E-state index contributed by atoms with van der Waals surface area (Å²) in [6, 6.07) is 19.0. The van der Waals surface area contributed by atoms with Crippen molar-refractivity contribution in [1.29, 1.82) is 0 Å². The maximum Gasteiger partial charge on any atom is 0.300 e. The fourth-order valence-electron chi connectivity index (χ4n) is 4.44. The summed E-state index contributed by atoms with van der Waals surface area (Å²) < 4.78 is 5.57. The Morgan fingerprint density at radius 1 is 1.03 bits per heavy atom. The zero-order chi connectivity index (χ0) is 26.2. The highest BCUT2D eigenvalue weighted by molar-refractivity contribution is 6.51. The van der Waals surface area contributed by atoms with E-state index in [1.807, 2.05) is 44.2 Å². The van der Waals surface area contributed by atoms with Gasteiger partial charge in [0.15, 0.2) is 0 Å². The molecule has 0 spiro atoms. The maximum absolute atomic E-state index is 13.5. The van der Waals surface area contributed by atoms with Crippen LogP contribution in [0.2, 0.25) is 5.02 Å². The number of aliphatic hydroxyl groups excluding tert-OH is 1. The van der Waals surface area contributed by atoms with Crippen LogP contribution in [0.4, 0.5) is 5.69 Å². The normalized spacial score (nSPS) is 17.5. The van der Waals surface area contributed by atoms with E-state index in [1.54, 1.807) is 36.4 Å². The van der Waals surface area contributed by atoms with E-state index >= 15 is 0 Å². The molecule has 5 nitrogen and oxygen atoms in total. The van der Waals surface area contributed by atoms with Crippen molar-refractivity contribution in [2.45, 2.75) is 46.1 Å². The Balaban J connectivity index is 1.95. The SMILES string of the molecule is CCOc1ccc(C2/C(=C(\O)c3cc(C(C)(C)C)ccc3C)C(=O)C(=O)N2c2cccc(Cl)c2)cc1. The van der Waals surface area contributed by atoms with E-state index in [1.165, 1.54) is 4.90 Å². The molecule has 3 aromatic rings. The van der Waals surface area contributed by atoms with Crippen molar-refractivity contribution >= 4 is 34.7 Å². The smallest absolute Gasteiger partial charge is 0.300 e. The highest BCUT2D eigenvalue weighted by Crippen LogP contribution is 2.43. The maximum atomic E-state index is 13.5. The number of hydrogen-bond donors (Lipinski definition) is 1. The average Bonchev–Trinajstić information content (AvgIpc) is 3.09. The quantitative estimate of drug-likeness (QED) is 0.232. The van der Waals surface area contributed by atoms with Crippen molar-refractivity contribution in [1.82, 2.24) is 0 Å². The Kier molecular flexibility index (Phi) is 6.96. The van der Waals surface area contributed by atoms with Crippen LogP contribution in [0.5, 0.6) is 5.75 Å². The first kappa shape index (κ1) is 25.5. The minimum Gasteiger partial charge on any atom is -0.507 e. The summed E-state index contributed by atoms with van der Waals surface area (Å²) in [5.74, 6) is -0.982. The number of benzene rings is 3. The molecular weight excluding hydrogens is 474 g/mol. The van der Waals surface area contributed by atoms with E-state index in [0.29, 0.717) is 34.2 Å². The summed E-state index contributed by atoms with van der Waals surface area (Å²) in [4.78, 5) is 28.3. The number of ketones is 1. The molecule has 4 rings (SSSR count). The molecule has 3 aromatic carbocycles. The summed E-state index contributed by atoms with van der Waals surface area (Å²) in [5.41, 5.74) is 3.37. The summed E-state index contributed by atoms with van der Waals surface area (Å²) >= 11 is 6.23. The van der Waals surface area contributed by atoms with Crippen molar-refractivity contribution in [2.24, 2.45) is 0 Å². The zero-order valence-electron chi connectivity index (χ0n) is 21.1. The number of aliphatic hydroxyl groups is 1. The van der Waals surface area contributed by atoms with E-state index in [4.69, 9.17) is 16.3 Å². The van der Waals surface area contributed by atoms with Gasteiger partial charge in [-0.15, -0.1) is 0 Å². The third-order valence-corrected chi connectivity index (χ3v) is 6.63. The molecule has 1 atom stereocenters. The molecule has 1 unspecified atom stereocenters. The molecule has 1 saturated heterocycles. The van der Waals surface area contributed by atoms with Crippen molar-refractivity contribution in [3.8, 4) is 5.75 Å². The van der Waals surface area contributed by atoms with Gasteiger partial charge < -0.3 is 9.84 Å². The number of halogens is 1. The van der Waals surface area contributed by atoms with Crippen LogP contribution in [0.15, 0.2) is 72.3 Å². The molecule has 0 saturated carbocycles. The molecule has 36 heavy (non-hydrogen) atoms. The predicted molar refractivity (Wildman–Crippen MR) is 144 cm³/mol. The fraction of sp³-hybridized carbons (Fsp3) is 0.267. The standard InChI is InChI=1S/C30H30ClNO4/c1-6-36-23-14-11-19(12-15-23)26-25(27(33)24-16-20(30(3,4)5)13-10-18(24)2)28(34)29(35)32(26)22-9-7-8-21(31)17-22/h7-17,26,33H,6H2,1-5H3/b27-25+. The minimum absolute atomic E-state index is 0.0401. The van der Waals surface area contributed by atoms with E-state index in [2.05, 4.69) is 20.8 Å². The molecule has 1 heterocycles. The Bertz CT molecular complexity index is 1350. The molecule has 1 fully saturated rings. The summed E-state index contributed by atoms with van der Waals surface area (Å²) in [6.07, 6.45) is 0. The number of hydrogen-bond acceptors (Lipinski definition) is 4. The van der Waals surface area contributed by atoms with Crippen LogP contribution in [0, 0.1) is 6.92 Å². The Hall–Kier alpha value is -3.57. The summed E-state index contributed by atoms with van der Waals surface area (Å²) in [6.45, 7) is 10.5. The third kappa shape index (κ3) is 4.76. The van der Waals surface area contributed by atoms with Gasteiger partial charge in [-0.25, -0.2) is 0 Å². The van der Waals surface area contributed by atoms with Gasteiger partial charge in [0, 0.05) is 16.3 Å². The lowest BCUT2D eigenvalue weighted by atomic mass is 9.84. The molecule has 1 aliphatic heterocycles. The highest BCUT2D eigenvalue weighted by Gasteiger charge is 2.47. The van der Waals surface area contributed by atoms with Gasteiger partial charge in [0.25, 0.3) is 11.7 Å². The summed E-state index contributed by atoms with van der Waals surface area (Å²) in [5, 5.41) is 12.0. The first-order valence-corrected chi connectivity index (χ1v) is 12.3. The van der Waals surface area contributed by atoms with Gasteiger partial charge in [0.2, 0.25) is 0 Å². The van der Waals surface area contributed by atoms with Gasteiger partial charge in [-0.05, 0) is 72.4 Å². The third-order valence-electron chi connectivity index (χ3n) is 6.40. The van der Waals surface area contributed by atoms with Crippen LogP contribution in [0.25, 0.3) is 5.76 Å². The van der Waals surface area contributed by atoms with Crippen LogP contribution in [0.1, 0.15) is 56.0 Å². The predicted octanol–water partition coefficient (Wildman–Crippen LogP) is 6.97. The van der Waals surface area contributed by atoms with Crippen LogP contribution < -0.4 is 9.64 Å². The van der Waals surface area contributed by atoms with E-state index in [9.17, 15) is 14.7 Å². The number of amides is 1. The van der Waals surface area contributed by atoms with Gasteiger partial charge in [-0.1, -0.05) is 62.7 Å². The van der Waals surface area contributed by atoms with Crippen LogP contribution in [-0.2, 0) is 15.0 Å². The monoisotopic (exact) mass is 503 g/mol. The van der Waals surface area contributed by atoms with Gasteiger partial charge >= 0.3 is 0 Å². The lowest BCUT2D eigenvalue weighted by Gasteiger charge is -2.26. The minimum atomic E-state index is -0.836. The van der Waals surface area contributed by atoms with E-state index in [-0.39, 0.29) is 16.7 Å². The van der Waals surface area contributed by atoms with Crippen molar-refractivity contribution in [3.05, 3.63) is 99.6 Å². The van der Waals surface area contributed by atoms with E-state index in [0.717, 1.165) is 11.1 Å². The average molecular weight is 504 g/mol. The van der Waals surface area contributed by atoms with Crippen molar-refractivity contribution < 1.29 is 19.4 Å². The molecule has 0 bridgehead atoms. The molecule has 1 aliphatic rings. The van der Waals surface area contributed by atoms with Gasteiger partial charge in [-0.3, -0.25) is 14.5 Å². The van der Waals surface area contributed by atoms with Crippen LogP contribution in [0.3, 0.4) is 0 Å². The molecule has 186 valence electrons. The summed E-state index contributed by atoms with van der Waals surface area (Å²) in [7, 11) is 0. The molecule has 1 N–H and O–H groups in total. The molecular formula is C30H30ClNO4. The van der Waals surface area contributed by atoms with Crippen LogP contribution in [-0.4, -0.2) is 23.4 Å². The van der Waals surface area contributed by atoms with Crippen LogP contribution >= 0.6 is 11.6 Å².